The molecule has 0 aliphatic carbocycles. The van der Waals surface area contributed by atoms with Crippen LogP contribution < -0.4 is 5.73 Å². The lowest BCUT2D eigenvalue weighted by Crippen LogP contribution is -2.13. The number of carbonyl (C=O) groups excluding carboxylic acids is 1. The Labute approximate surface area is 92.4 Å². The van der Waals surface area contributed by atoms with Gasteiger partial charge in [-0.3, -0.25) is 4.79 Å². The second-order valence-electron chi connectivity index (χ2n) is 3.41. The highest BCUT2D eigenvalue weighted by Crippen LogP contribution is 2.28. The quantitative estimate of drug-likeness (QED) is 0.790. The SMILES string of the molecule is Cn1cc(Cl)c2c(C(=O)CN)cccc21. The molecule has 0 saturated carbocycles. The second-order valence-corrected chi connectivity index (χ2v) is 3.82. The lowest BCUT2D eigenvalue weighted by molar-refractivity contribution is 0.100. The summed E-state index contributed by atoms with van der Waals surface area (Å²) in [6, 6.07) is 5.51. The number of benzene rings is 1. The molecular formula is C11H11ClN2O. The topological polar surface area (TPSA) is 48.0 Å². The number of Topliss-reactive ketones (excluding diaryl/α,β-unsaturated/α-hetero) is 1. The first-order valence-electron chi connectivity index (χ1n) is 4.62. The van der Waals surface area contributed by atoms with Crippen LogP contribution in [0.5, 0.6) is 0 Å². The van der Waals surface area contributed by atoms with E-state index in [4.69, 9.17) is 17.3 Å². The van der Waals surface area contributed by atoms with Crippen LogP contribution in [-0.2, 0) is 7.05 Å². The Balaban J connectivity index is 2.80. The van der Waals surface area contributed by atoms with Crippen molar-refractivity contribution in [2.75, 3.05) is 6.54 Å². The van der Waals surface area contributed by atoms with Crippen molar-refractivity contribution in [3.63, 3.8) is 0 Å². The van der Waals surface area contributed by atoms with Gasteiger partial charge in [-0.25, -0.2) is 0 Å². The standard InChI is InChI=1S/C11H11ClN2O/c1-14-6-8(12)11-7(10(15)5-13)3-2-4-9(11)14/h2-4,6H,5,13H2,1H3. The Hall–Kier alpha value is -1.32. The lowest BCUT2D eigenvalue weighted by atomic mass is 10.1. The summed E-state index contributed by atoms with van der Waals surface area (Å²) < 4.78 is 1.89. The molecule has 3 nitrogen and oxygen atoms in total. The van der Waals surface area contributed by atoms with Gasteiger partial charge in [0.1, 0.15) is 0 Å². The zero-order valence-electron chi connectivity index (χ0n) is 8.33. The van der Waals surface area contributed by atoms with Crippen LogP contribution in [0.2, 0.25) is 5.02 Å². The van der Waals surface area contributed by atoms with Crippen LogP contribution in [0.3, 0.4) is 0 Å². The van der Waals surface area contributed by atoms with Gasteiger partial charge < -0.3 is 10.3 Å². The van der Waals surface area contributed by atoms with E-state index in [9.17, 15) is 4.79 Å². The van der Waals surface area contributed by atoms with Crippen molar-refractivity contribution in [3.8, 4) is 0 Å². The normalized spacial score (nSPS) is 10.9. The van der Waals surface area contributed by atoms with Crippen LogP contribution in [0, 0.1) is 0 Å². The maximum atomic E-state index is 11.6. The van der Waals surface area contributed by atoms with Gasteiger partial charge in [0.05, 0.1) is 17.1 Å². The zero-order valence-corrected chi connectivity index (χ0v) is 9.08. The van der Waals surface area contributed by atoms with E-state index in [-0.39, 0.29) is 12.3 Å². The van der Waals surface area contributed by atoms with Gasteiger partial charge in [0, 0.05) is 24.2 Å². The average molecular weight is 223 g/mol. The maximum absolute atomic E-state index is 11.6. The summed E-state index contributed by atoms with van der Waals surface area (Å²) >= 11 is 6.07. The predicted octanol–water partition coefficient (Wildman–Crippen LogP) is 1.97. The van der Waals surface area contributed by atoms with Crippen molar-refractivity contribution < 1.29 is 4.79 Å². The van der Waals surface area contributed by atoms with Crippen molar-refractivity contribution in [3.05, 3.63) is 35.0 Å². The molecule has 0 amide bonds. The summed E-state index contributed by atoms with van der Waals surface area (Å²) in [6.45, 7) is 0.00430. The van der Waals surface area contributed by atoms with E-state index in [0.717, 1.165) is 10.9 Å². The molecule has 0 aliphatic rings. The predicted molar refractivity (Wildman–Crippen MR) is 61.3 cm³/mol. The van der Waals surface area contributed by atoms with Crippen LogP contribution >= 0.6 is 11.6 Å². The van der Waals surface area contributed by atoms with E-state index in [0.29, 0.717) is 10.6 Å². The first-order chi connectivity index (χ1) is 7.15. The summed E-state index contributed by atoms with van der Waals surface area (Å²) in [4.78, 5) is 11.6. The molecule has 2 N–H and O–H groups in total. The number of halogens is 1. The molecular weight excluding hydrogens is 212 g/mol. The minimum absolute atomic E-state index is 0.00430. The molecule has 0 fully saturated rings. The molecule has 0 spiro atoms. The van der Waals surface area contributed by atoms with Crippen molar-refractivity contribution in [2.45, 2.75) is 0 Å². The lowest BCUT2D eigenvalue weighted by Gasteiger charge is -2.01. The van der Waals surface area contributed by atoms with E-state index in [1.807, 2.05) is 23.7 Å². The van der Waals surface area contributed by atoms with Crippen molar-refractivity contribution in [2.24, 2.45) is 12.8 Å². The number of nitrogens with zero attached hydrogens (tertiary/aromatic N) is 1. The number of hydrogen-bond donors (Lipinski definition) is 1. The number of nitrogens with two attached hydrogens (primary N) is 1. The molecule has 2 aromatic rings. The molecule has 0 atom stereocenters. The van der Waals surface area contributed by atoms with Crippen LogP contribution in [0.25, 0.3) is 10.9 Å². The third-order valence-corrected chi connectivity index (χ3v) is 2.74. The molecule has 0 unspecified atom stereocenters. The largest absolute Gasteiger partial charge is 0.349 e. The first-order valence-corrected chi connectivity index (χ1v) is 4.99. The highest BCUT2D eigenvalue weighted by molar-refractivity contribution is 6.37. The summed E-state index contributed by atoms with van der Waals surface area (Å²) in [5.41, 5.74) is 6.89. The van der Waals surface area contributed by atoms with E-state index >= 15 is 0 Å². The van der Waals surface area contributed by atoms with Gasteiger partial charge in [0.25, 0.3) is 0 Å². The molecule has 0 aliphatic heterocycles. The number of aromatic nitrogens is 1. The van der Waals surface area contributed by atoms with Gasteiger partial charge in [0.2, 0.25) is 0 Å². The molecule has 0 saturated heterocycles. The molecule has 78 valence electrons. The number of hydrogen-bond acceptors (Lipinski definition) is 2. The summed E-state index contributed by atoms with van der Waals surface area (Å²) in [7, 11) is 1.89. The zero-order chi connectivity index (χ0) is 11.0. The number of rotatable bonds is 2. The highest BCUT2D eigenvalue weighted by Gasteiger charge is 2.13. The summed E-state index contributed by atoms with van der Waals surface area (Å²) in [5.74, 6) is -0.0892. The Morgan fingerprint density at radius 2 is 2.27 bits per heavy atom. The smallest absolute Gasteiger partial charge is 0.177 e. The Morgan fingerprint density at radius 3 is 2.93 bits per heavy atom. The van der Waals surface area contributed by atoms with Crippen molar-refractivity contribution >= 4 is 28.3 Å². The highest BCUT2D eigenvalue weighted by atomic mass is 35.5. The Morgan fingerprint density at radius 1 is 1.53 bits per heavy atom. The molecule has 1 aromatic heterocycles. The summed E-state index contributed by atoms with van der Waals surface area (Å²) in [5, 5.41) is 1.38. The Kier molecular flexibility index (Phi) is 2.50. The number of ketones is 1. The van der Waals surface area contributed by atoms with Gasteiger partial charge in [-0.2, -0.15) is 0 Å². The second kappa shape index (κ2) is 3.68. The van der Waals surface area contributed by atoms with Crippen LogP contribution in [0.15, 0.2) is 24.4 Å². The third kappa shape index (κ3) is 1.54. The minimum atomic E-state index is -0.0892. The van der Waals surface area contributed by atoms with E-state index in [2.05, 4.69) is 0 Å². The third-order valence-electron chi connectivity index (χ3n) is 2.45. The monoisotopic (exact) mass is 222 g/mol. The van der Waals surface area contributed by atoms with E-state index in [1.165, 1.54) is 0 Å². The van der Waals surface area contributed by atoms with Crippen molar-refractivity contribution in [1.82, 2.24) is 4.57 Å². The van der Waals surface area contributed by atoms with Crippen LogP contribution in [0.4, 0.5) is 0 Å². The fourth-order valence-electron chi connectivity index (χ4n) is 1.73. The molecule has 1 heterocycles. The van der Waals surface area contributed by atoms with E-state index in [1.54, 1.807) is 12.3 Å². The average Bonchev–Trinajstić information content (AvgIpc) is 2.54. The number of carbonyl (C=O) groups is 1. The molecule has 0 radical (unpaired) electrons. The minimum Gasteiger partial charge on any atom is -0.349 e. The molecule has 1 aromatic carbocycles. The maximum Gasteiger partial charge on any atom is 0.177 e. The van der Waals surface area contributed by atoms with Gasteiger partial charge in [-0.1, -0.05) is 23.7 Å². The molecule has 4 heteroatoms. The van der Waals surface area contributed by atoms with Gasteiger partial charge in [-0.05, 0) is 6.07 Å². The van der Waals surface area contributed by atoms with Crippen LogP contribution in [-0.4, -0.2) is 16.9 Å². The fraction of sp³-hybridized carbons (Fsp3) is 0.182. The van der Waals surface area contributed by atoms with Crippen molar-refractivity contribution in [1.29, 1.82) is 0 Å². The van der Waals surface area contributed by atoms with Crippen LogP contribution in [0.1, 0.15) is 10.4 Å². The first kappa shape index (κ1) is 10.2. The van der Waals surface area contributed by atoms with Gasteiger partial charge >= 0.3 is 0 Å². The van der Waals surface area contributed by atoms with Gasteiger partial charge in [-0.15, -0.1) is 0 Å². The molecule has 15 heavy (non-hydrogen) atoms. The fourth-order valence-corrected chi connectivity index (χ4v) is 2.08. The number of aryl methyl sites for hydroxylation is 1. The number of fused-ring (bicyclic) bond motifs is 1. The molecule has 0 bridgehead atoms. The molecule has 2 rings (SSSR count). The van der Waals surface area contributed by atoms with E-state index < -0.39 is 0 Å². The van der Waals surface area contributed by atoms with Gasteiger partial charge in [0.15, 0.2) is 5.78 Å². The summed E-state index contributed by atoms with van der Waals surface area (Å²) in [6.07, 6.45) is 1.79. The Bertz CT molecular complexity index is 531.